The fraction of sp³-hybridized carbons (Fsp3) is 0.519. The molecule has 35 heavy (non-hydrogen) atoms. The molecule has 0 fully saturated rings. The van der Waals surface area contributed by atoms with Crippen LogP contribution in [-0.4, -0.2) is 39.8 Å². The number of rotatable bonds is 13. The summed E-state index contributed by atoms with van der Waals surface area (Å²) in [5.74, 6) is 3.35. The van der Waals surface area contributed by atoms with Crippen molar-refractivity contribution in [2.75, 3.05) is 27.4 Å². The largest absolute Gasteiger partial charge is 0.490 e. The van der Waals surface area contributed by atoms with E-state index < -0.39 is 11.7 Å². The molecule has 3 rings (SSSR count). The van der Waals surface area contributed by atoms with Gasteiger partial charge >= 0.3 is 0 Å². The quantitative estimate of drug-likeness (QED) is 0.425. The van der Waals surface area contributed by atoms with Gasteiger partial charge in [-0.25, -0.2) is 0 Å². The number of para-hydroxylation sites is 2. The first-order valence-electron chi connectivity index (χ1n) is 12.0. The highest BCUT2D eigenvalue weighted by atomic mass is 16.7. The van der Waals surface area contributed by atoms with Gasteiger partial charge in [0.2, 0.25) is 17.8 Å². The van der Waals surface area contributed by atoms with Crippen LogP contribution in [-0.2, 0) is 5.41 Å². The molecule has 2 aromatic carbocycles. The number of hydrogen-bond donors (Lipinski definition) is 1. The van der Waals surface area contributed by atoms with Gasteiger partial charge in [0, 0.05) is 18.0 Å². The molecule has 2 N–H and O–H groups in total. The van der Waals surface area contributed by atoms with Crippen molar-refractivity contribution < 1.29 is 28.4 Å². The van der Waals surface area contributed by atoms with Crippen LogP contribution in [0.15, 0.2) is 30.3 Å². The molecular formula is C27H36N2O6. The number of methoxy groups -OCH3 is 2. The maximum absolute atomic E-state index is 10.2. The van der Waals surface area contributed by atoms with E-state index in [1.807, 2.05) is 51.1 Å². The van der Waals surface area contributed by atoms with Crippen LogP contribution >= 0.6 is 0 Å². The lowest BCUT2D eigenvalue weighted by molar-refractivity contribution is 0.0350. The number of hydrogen-bond acceptors (Lipinski definition) is 8. The van der Waals surface area contributed by atoms with Gasteiger partial charge in [0.25, 0.3) is 0 Å². The maximum atomic E-state index is 10.2. The first-order valence-corrected chi connectivity index (χ1v) is 12.0. The second-order valence-electron chi connectivity index (χ2n) is 8.63. The van der Waals surface area contributed by atoms with Crippen LogP contribution in [0.5, 0.6) is 34.5 Å². The number of ether oxygens (including phenoxy) is 6. The number of nitrogens with zero attached hydrogens (tertiary/aromatic N) is 1. The Bertz CT molecular complexity index is 1010. The fourth-order valence-corrected chi connectivity index (χ4v) is 4.32. The average molecular weight is 485 g/mol. The Balaban J connectivity index is 1.73. The van der Waals surface area contributed by atoms with E-state index in [0.717, 1.165) is 17.9 Å². The minimum absolute atomic E-state index is 0.131. The molecule has 0 saturated heterocycles. The molecule has 0 aliphatic carbocycles. The van der Waals surface area contributed by atoms with Crippen LogP contribution in [0.4, 0.5) is 0 Å². The smallest absolute Gasteiger partial charge is 0.243 e. The summed E-state index contributed by atoms with van der Waals surface area (Å²) in [6.45, 7) is 6.54. The van der Waals surface area contributed by atoms with Crippen LogP contribution in [0.1, 0.15) is 52.0 Å². The topological polar surface area (TPSA) is 105 Å². The lowest BCUT2D eigenvalue weighted by Crippen LogP contribution is -2.31. The van der Waals surface area contributed by atoms with Crippen molar-refractivity contribution in [2.24, 2.45) is 5.73 Å². The minimum Gasteiger partial charge on any atom is -0.490 e. The van der Waals surface area contributed by atoms with Crippen molar-refractivity contribution in [3.63, 3.8) is 0 Å². The summed E-state index contributed by atoms with van der Waals surface area (Å²) < 4.78 is 34.6. The highest BCUT2D eigenvalue weighted by Crippen LogP contribution is 2.51. The van der Waals surface area contributed by atoms with Gasteiger partial charge in [0.1, 0.15) is 0 Å². The molecule has 0 radical (unpaired) electrons. The molecule has 0 spiro atoms. The van der Waals surface area contributed by atoms with E-state index >= 15 is 0 Å². The van der Waals surface area contributed by atoms with E-state index in [2.05, 4.69) is 6.07 Å². The SMILES string of the molecule is CCOc1cc(C(C)(C#N)CCCC(N)CC2Oc3ccccc3O2)c(OCC)c(OC)c1OC. The molecule has 0 bridgehead atoms. The number of benzene rings is 2. The maximum Gasteiger partial charge on any atom is 0.243 e. The molecule has 0 saturated carbocycles. The van der Waals surface area contributed by atoms with Crippen LogP contribution < -0.4 is 34.2 Å². The molecule has 8 heteroatoms. The predicted octanol–water partition coefficient (Wildman–Crippen LogP) is 4.97. The second kappa shape index (κ2) is 11.9. The molecule has 2 unspecified atom stereocenters. The Hall–Kier alpha value is -3.31. The Morgan fingerprint density at radius 2 is 1.66 bits per heavy atom. The summed E-state index contributed by atoms with van der Waals surface area (Å²) in [5, 5.41) is 10.2. The fourth-order valence-electron chi connectivity index (χ4n) is 4.32. The second-order valence-corrected chi connectivity index (χ2v) is 8.63. The molecule has 8 nitrogen and oxygen atoms in total. The van der Waals surface area contributed by atoms with Gasteiger partial charge in [0.05, 0.1) is 38.9 Å². The van der Waals surface area contributed by atoms with Crippen molar-refractivity contribution in [1.82, 2.24) is 0 Å². The van der Waals surface area contributed by atoms with E-state index in [1.165, 1.54) is 0 Å². The lowest BCUT2D eigenvalue weighted by Gasteiger charge is -2.28. The van der Waals surface area contributed by atoms with Crippen molar-refractivity contribution in [1.29, 1.82) is 5.26 Å². The van der Waals surface area contributed by atoms with Crippen LogP contribution in [0.3, 0.4) is 0 Å². The zero-order valence-corrected chi connectivity index (χ0v) is 21.3. The average Bonchev–Trinajstić information content (AvgIpc) is 3.26. The molecule has 1 aliphatic heterocycles. The molecule has 0 aromatic heterocycles. The third-order valence-corrected chi connectivity index (χ3v) is 6.11. The number of nitriles is 1. The molecule has 1 aliphatic rings. The summed E-state index contributed by atoms with van der Waals surface area (Å²) >= 11 is 0. The number of fused-ring (bicyclic) bond motifs is 1. The van der Waals surface area contributed by atoms with Crippen molar-refractivity contribution in [3.8, 4) is 40.6 Å². The van der Waals surface area contributed by atoms with E-state index in [-0.39, 0.29) is 6.04 Å². The van der Waals surface area contributed by atoms with Gasteiger partial charge in [0.15, 0.2) is 23.0 Å². The van der Waals surface area contributed by atoms with Crippen LogP contribution in [0.2, 0.25) is 0 Å². The summed E-state index contributed by atoms with van der Waals surface area (Å²) in [5.41, 5.74) is 6.25. The van der Waals surface area contributed by atoms with Gasteiger partial charge in [-0.3, -0.25) is 0 Å². The Morgan fingerprint density at radius 3 is 2.20 bits per heavy atom. The zero-order valence-electron chi connectivity index (χ0n) is 21.3. The van der Waals surface area contributed by atoms with Gasteiger partial charge in [-0.2, -0.15) is 5.26 Å². The predicted molar refractivity (Wildman–Crippen MR) is 133 cm³/mol. The van der Waals surface area contributed by atoms with E-state index in [4.69, 9.17) is 34.2 Å². The van der Waals surface area contributed by atoms with Crippen molar-refractivity contribution in [3.05, 3.63) is 35.9 Å². The Kier molecular flexibility index (Phi) is 8.94. The standard InChI is InChI=1S/C27H36N2O6/c1-6-32-22-16-19(24(33-7-2)26(31-5)25(22)30-4)27(3,17-28)14-10-11-18(29)15-23-34-20-12-8-9-13-21(20)35-23/h8-9,12-13,16,18,23H,6-7,10-11,14-15,29H2,1-5H3. The first-order chi connectivity index (χ1) is 16.9. The monoisotopic (exact) mass is 484 g/mol. The molecular weight excluding hydrogens is 448 g/mol. The highest BCUT2D eigenvalue weighted by molar-refractivity contribution is 5.65. The molecule has 1 heterocycles. The van der Waals surface area contributed by atoms with Crippen LogP contribution in [0, 0.1) is 11.3 Å². The summed E-state index contributed by atoms with van der Waals surface area (Å²) in [4.78, 5) is 0. The molecule has 2 atom stereocenters. The third-order valence-electron chi connectivity index (χ3n) is 6.11. The van der Waals surface area contributed by atoms with E-state index in [1.54, 1.807) is 14.2 Å². The zero-order chi connectivity index (χ0) is 25.4. The summed E-state index contributed by atoms with van der Waals surface area (Å²) in [6.07, 6.45) is 2.19. The van der Waals surface area contributed by atoms with Crippen molar-refractivity contribution in [2.45, 2.75) is 64.2 Å². The van der Waals surface area contributed by atoms with Crippen molar-refractivity contribution >= 4 is 0 Å². The third kappa shape index (κ3) is 5.85. The first kappa shape index (κ1) is 26.3. The van der Waals surface area contributed by atoms with Gasteiger partial charge in [-0.1, -0.05) is 12.1 Å². The Morgan fingerprint density at radius 1 is 1.03 bits per heavy atom. The lowest BCUT2D eigenvalue weighted by atomic mass is 9.78. The van der Waals surface area contributed by atoms with E-state index in [0.29, 0.717) is 61.0 Å². The van der Waals surface area contributed by atoms with Gasteiger partial charge < -0.3 is 34.2 Å². The van der Waals surface area contributed by atoms with Gasteiger partial charge in [-0.05, 0) is 58.2 Å². The normalized spacial score (nSPS) is 15.1. The summed E-state index contributed by atoms with van der Waals surface area (Å²) in [7, 11) is 3.10. The summed E-state index contributed by atoms with van der Waals surface area (Å²) in [6, 6.07) is 11.8. The van der Waals surface area contributed by atoms with Gasteiger partial charge in [-0.15, -0.1) is 0 Å². The van der Waals surface area contributed by atoms with E-state index in [9.17, 15) is 5.26 Å². The molecule has 190 valence electrons. The molecule has 0 amide bonds. The number of nitrogens with two attached hydrogens (primary N) is 1. The molecule has 2 aromatic rings. The van der Waals surface area contributed by atoms with Crippen LogP contribution in [0.25, 0.3) is 0 Å². The Labute approximate surface area is 207 Å². The highest BCUT2D eigenvalue weighted by Gasteiger charge is 2.35. The minimum atomic E-state index is -0.855.